The normalized spacial score (nSPS) is 27.9. The first-order chi connectivity index (χ1) is 5.42. The lowest BCUT2D eigenvalue weighted by atomic mass is 9.73. The largest absolute Gasteiger partial charge is 0.478 e. The fourth-order valence-electron chi connectivity index (χ4n) is 1.91. The summed E-state index contributed by atoms with van der Waals surface area (Å²) in [5.41, 5.74) is 0.868. The summed E-state index contributed by atoms with van der Waals surface area (Å²) < 4.78 is 0. The molecule has 1 aliphatic carbocycles. The van der Waals surface area contributed by atoms with Crippen LogP contribution in [0.5, 0.6) is 0 Å². The van der Waals surface area contributed by atoms with Crippen molar-refractivity contribution >= 4 is 5.97 Å². The Morgan fingerprint density at radius 3 is 2.67 bits per heavy atom. The van der Waals surface area contributed by atoms with Crippen LogP contribution < -0.4 is 0 Å². The Balaban J connectivity index is 2.81. The number of aliphatic carboxylic acids is 1. The number of carboxylic acid groups (broad SMARTS) is 1. The van der Waals surface area contributed by atoms with Crippen molar-refractivity contribution in [1.29, 1.82) is 0 Å². The third-order valence-electron chi connectivity index (χ3n) is 2.51. The summed E-state index contributed by atoms with van der Waals surface area (Å²) in [6.45, 7) is 6.35. The van der Waals surface area contributed by atoms with Crippen molar-refractivity contribution in [2.75, 3.05) is 0 Å². The van der Waals surface area contributed by atoms with Crippen LogP contribution >= 0.6 is 0 Å². The fourth-order valence-corrected chi connectivity index (χ4v) is 1.91. The molecule has 1 atom stereocenters. The average Bonchev–Trinajstić information content (AvgIpc) is 1.83. The minimum atomic E-state index is -0.752. The third kappa shape index (κ3) is 1.87. The van der Waals surface area contributed by atoms with Gasteiger partial charge >= 0.3 is 5.97 Å². The van der Waals surface area contributed by atoms with Gasteiger partial charge in [0.1, 0.15) is 0 Å². The Morgan fingerprint density at radius 1 is 1.67 bits per heavy atom. The maximum atomic E-state index is 10.7. The Morgan fingerprint density at radius 2 is 2.25 bits per heavy atom. The molecule has 0 radical (unpaired) electrons. The second kappa shape index (κ2) is 2.92. The van der Waals surface area contributed by atoms with Crippen LogP contribution in [0.3, 0.4) is 0 Å². The van der Waals surface area contributed by atoms with Crippen LogP contribution in [0, 0.1) is 11.3 Å². The van der Waals surface area contributed by atoms with Crippen molar-refractivity contribution in [3.63, 3.8) is 0 Å². The molecule has 2 heteroatoms. The topological polar surface area (TPSA) is 37.3 Å². The predicted octanol–water partition coefficient (Wildman–Crippen LogP) is 2.45. The van der Waals surface area contributed by atoms with Crippen molar-refractivity contribution < 1.29 is 9.90 Å². The van der Waals surface area contributed by atoms with Crippen molar-refractivity contribution in [2.45, 2.75) is 33.6 Å². The molecule has 0 spiro atoms. The van der Waals surface area contributed by atoms with E-state index in [-0.39, 0.29) is 11.3 Å². The molecule has 1 N–H and O–H groups in total. The minimum Gasteiger partial charge on any atom is -0.478 e. The Hall–Kier alpha value is -0.790. The summed E-state index contributed by atoms with van der Waals surface area (Å²) in [6, 6.07) is 0. The Kier molecular flexibility index (Phi) is 2.27. The van der Waals surface area contributed by atoms with E-state index in [2.05, 4.69) is 13.8 Å². The van der Waals surface area contributed by atoms with Gasteiger partial charge in [-0.3, -0.25) is 0 Å². The molecule has 0 bridgehead atoms. The number of rotatable bonds is 1. The SMILES string of the molecule is CC1CC(C)(C)CC=C1C(=O)O. The lowest BCUT2D eigenvalue weighted by molar-refractivity contribution is -0.133. The zero-order valence-corrected chi connectivity index (χ0v) is 7.92. The highest BCUT2D eigenvalue weighted by Crippen LogP contribution is 2.37. The molecular weight excluding hydrogens is 152 g/mol. The van der Waals surface area contributed by atoms with Gasteiger partial charge in [-0.25, -0.2) is 4.79 Å². The summed E-state index contributed by atoms with van der Waals surface area (Å²) >= 11 is 0. The Labute approximate surface area is 73.3 Å². The van der Waals surface area contributed by atoms with E-state index in [0.29, 0.717) is 5.57 Å². The first-order valence-electron chi connectivity index (χ1n) is 4.36. The lowest BCUT2D eigenvalue weighted by Gasteiger charge is -2.31. The maximum absolute atomic E-state index is 10.7. The van der Waals surface area contributed by atoms with Gasteiger partial charge in [-0.05, 0) is 24.2 Å². The molecule has 0 heterocycles. The van der Waals surface area contributed by atoms with E-state index in [1.807, 2.05) is 13.0 Å². The van der Waals surface area contributed by atoms with Crippen LogP contribution in [0.15, 0.2) is 11.6 Å². The van der Waals surface area contributed by atoms with E-state index in [1.165, 1.54) is 0 Å². The van der Waals surface area contributed by atoms with E-state index in [1.54, 1.807) is 0 Å². The molecule has 0 saturated heterocycles. The standard InChI is InChI=1S/C10H16O2/c1-7-6-10(2,3)5-4-8(7)9(11)12/h4,7H,5-6H2,1-3H3,(H,11,12). The van der Waals surface area contributed by atoms with E-state index in [9.17, 15) is 4.79 Å². The van der Waals surface area contributed by atoms with Crippen LogP contribution in [0.4, 0.5) is 0 Å². The first kappa shape index (κ1) is 9.30. The summed E-state index contributed by atoms with van der Waals surface area (Å²) in [5.74, 6) is -0.552. The molecule has 68 valence electrons. The molecule has 2 nitrogen and oxygen atoms in total. The summed E-state index contributed by atoms with van der Waals surface area (Å²) in [4.78, 5) is 10.7. The zero-order valence-electron chi connectivity index (χ0n) is 7.92. The highest BCUT2D eigenvalue weighted by molar-refractivity contribution is 5.87. The highest BCUT2D eigenvalue weighted by Gasteiger charge is 2.29. The summed E-state index contributed by atoms with van der Waals surface area (Å²) in [5, 5.41) is 8.81. The van der Waals surface area contributed by atoms with Crippen LogP contribution in [0.1, 0.15) is 33.6 Å². The monoisotopic (exact) mass is 168 g/mol. The number of carboxylic acids is 1. The molecule has 0 aromatic rings. The quantitative estimate of drug-likeness (QED) is 0.653. The number of allylic oxidation sites excluding steroid dienone is 1. The van der Waals surface area contributed by atoms with Gasteiger partial charge in [0.2, 0.25) is 0 Å². The smallest absolute Gasteiger partial charge is 0.331 e. The lowest BCUT2D eigenvalue weighted by Crippen LogP contribution is -2.24. The Bertz CT molecular complexity index is 226. The minimum absolute atomic E-state index is 0.200. The van der Waals surface area contributed by atoms with Gasteiger partial charge in [0.05, 0.1) is 0 Å². The molecule has 0 fully saturated rings. The van der Waals surface area contributed by atoms with Crippen molar-refractivity contribution in [3.05, 3.63) is 11.6 Å². The molecule has 0 saturated carbocycles. The molecule has 1 rings (SSSR count). The fraction of sp³-hybridized carbons (Fsp3) is 0.700. The summed E-state index contributed by atoms with van der Waals surface area (Å²) in [6.07, 6.45) is 3.74. The van der Waals surface area contributed by atoms with Crippen LogP contribution in [-0.4, -0.2) is 11.1 Å². The number of hydrogen-bond donors (Lipinski definition) is 1. The molecular formula is C10H16O2. The van der Waals surface area contributed by atoms with Crippen molar-refractivity contribution in [2.24, 2.45) is 11.3 Å². The molecule has 0 aliphatic heterocycles. The zero-order chi connectivity index (χ0) is 9.35. The van der Waals surface area contributed by atoms with Gasteiger partial charge in [0.15, 0.2) is 0 Å². The predicted molar refractivity (Wildman–Crippen MR) is 47.9 cm³/mol. The van der Waals surface area contributed by atoms with Crippen LogP contribution in [-0.2, 0) is 4.79 Å². The molecule has 1 aliphatic rings. The van der Waals surface area contributed by atoms with Gasteiger partial charge < -0.3 is 5.11 Å². The number of hydrogen-bond acceptors (Lipinski definition) is 1. The van der Waals surface area contributed by atoms with Crippen molar-refractivity contribution in [3.8, 4) is 0 Å². The maximum Gasteiger partial charge on any atom is 0.331 e. The van der Waals surface area contributed by atoms with Gasteiger partial charge in [-0.15, -0.1) is 0 Å². The first-order valence-corrected chi connectivity index (χ1v) is 4.36. The molecule has 0 amide bonds. The molecule has 12 heavy (non-hydrogen) atoms. The van der Waals surface area contributed by atoms with Gasteiger partial charge in [0.25, 0.3) is 0 Å². The van der Waals surface area contributed by atoms with E-state index >= 15 is 0 Å². The van der Waals surface area contributed by atoms with Crippen molar-refractivity contribution in [1.82, 2.24) is 0 Å². The second-order valence-electron chi connectivity index (χ2n) is 4.44. The van der Waals surface area contributed by atoms with E-state index in [4.69, 9.17) is 5.11 Å². The highest BCUT2D eigenvalue weighted by atomic mass is 16.4. The summed E-state index contributed by atoms with van der Waals surface area (Å²) in [7, 11) is 0. The van der Waals surface area contributed by atoms with Crippen LogP contribution in [0.25, 0.3) is 0 Å². The molecule has 0 aromatic carbocycles. The molecule has 0 aromatic heterocycles. The van der Waals surface area contributed by atoms with Gasteiger partial charge in [0, 0.05) is 5.57 Å². The third-order valence-corrected chi connectivity index (χ3v) is 2.51. The van der Waals surface area contributed by atoms with E-state index in [0.717, 1.165) is 12.8 Å². The van der Waals surface area contributed by atoms with Crippen LogP contribution in [0.2, 0.25) is 0 Å². The second-order valence-corrected chi connectivity index (χ2v) is 4.44. The van der Waals surface area contributed by atoms with Gasteiger partial charge in [-0.1, -0.05) is 26.8 Å². The average molecular weight is 168 g/mol. The van der Waals surface area contributed by atoms with E-state index < -0.39 is 5.97 Å². The molecule has 1 unspecified atom stereocenters. The number of carbonyl (C=O) groups is 1. The van der Waals surface area contributed by atoms with Gasteiger partial charge in [-0.2, -0.15) is 0 Å².